The van der Waals surface area contributed by atoms with E-state index in [-0.39, 0.29) is 23.8 Å². The van der Waals surface area contributed by atoms with Gasteiger partial charge in [0.05, 0.1) is 11.1 Å². The van der Waals surface area contributed by atoms with Crippen LogP contribution in [0.15, 0.2) is 18.2 Å². The molecule has 1 aromatic heterocycles. The van der Waals surface area contributed by atoms with Gasteiger partial charge in [0.25, 0.3) is 11.8 Å². The van der Waals surface area contributed by atoms with Gasteiger partial charge in [0, 0.05) is 48.7 Å². The van der Waals surface area contributed by atoms with Gasteiger partial charge in [0.1, 0.15) is 5.82 Å². The summed E-state index contributed by atoms with van der Waals surface area (Å²) in [7, 11) is 0. The summed E-state index contributed by atoms with van der Waals surface area (Å²) in [4.78, 5) is 41.6. The summed E-state index contributed by atoms with van der Waals surface area (Å²) in [5, 5.41) is 5.72. The lowest BCUT2D eigenvalue weighted by molar-refractivity contribution is -0.127. The third-order valence-electron chi connectivity index (χ3n) is 5.73. The molecule has 4 rings (SSSR count). The lowest BCUT2D eigenvalue weighted by Crippen LogP contribution is -2.38. The average molecular weight is 410 g/mol. The zero-order valence-electron chi connectivity index (χ0n) is 17.1. The Bertz CT molecular complexity index is 1100. The number of halogens is 1. The van der Waals surface area contributed by atoms with E-state index in [1.807, 2.05) is 0 Å². The third-order valence-corrected chi connectivity index (χ3v) is 5.73. The molecule has 0 spiro atoms. The van der Waals surface area contributed by atoms with Crippen LogP contribution in [0.1, 0.15) is 46.2 Å². The Morgan fingerprint density at radius 2 is 2.07 bits per heavy atom. The molecule has 0 unspecified atom stereocenters. The zero-order valence-corrected chi connectivity index (χ0v) is 17.1. The Hall–Kier alpha value is -3.42. The van der Waals surface area contributed by atoms with Crippen molar-refractivity contribution in [2.75, 3.05) is 18.4 Å². The molecule has 3 amide bonds. The number of hydrogen-bond donors (Lipinski definition) is 3. The number of benzene rings is 1. The molecular weight excluding hydrogens is 387 g/mol. The molecular formula is C22H23FN4O3. The molecule has 2 aliphatic heterocycles. The van der Waals surface area contributed by atoms with Crippen LogP contribution < -0.4 is 10.6 Å². The van der Waals surface area contributed by atoms with Crippen molar-refractivity contribution in [1.82, 2.24) is 15.2 Å². The predicted molar refractivity (Wildman–Crippen MR) is 111 cm³/mol. The molecule has 7 nitrogen and oxygen atoms in total. The molecule has 1 fully saturated rings. The zero-order chi connectivity index (χ0) is 21.6. The molecule has 0 radical (unpaired) electrons. The van der Waals surface area contributed by atoms with Gasteiger partial charge in [-0.15, -0.1) is 0 Å². The predicted octanol–water partition coefficient (Wildman–Crippen LogP) is 2.61. The van der Waals surface area contributed by atoms with Gasteiger partial charge in [-0.1, -0.05) is 0 Å². The number of aromatic amines is 1. The van der Waals surface area contributed by atoms with Gasteiger partial charge in [-0.25, -0.2) is 4.39 Å². The molecule has 8 heteroatoms. The average Bonchev–Trinajstić information content (AvgIpc) is 3.33. The van der Waals surface area contributed by atoms with Crippen LogP contribution >= 0.6 is 0 Å². The maximum atomic E-state index is 13.7. The maximum Gasteiger partial charge on any atom is 0.256 e. The van der Waals surface area contributed by atoms with Gasteiger partial charge in [-0.2, -0.15) is 0 Å². The van der Waals surface area contributed by atoms with Gasteiger partial charge in [0.15, 0.2) is 0 Å². The topological polar surface area (TPSA) is 94.3 Å². The first-order valence-corrected chi connectivity index (χ1v) is 9.83. The molecule has 156 valence electrons. The lowest BCUT2D eigenvalue weighted by Gasteiger charge is -2.15. The Labute approximate surface area is 173 Å². The molecule has 0 aliphatic carbocycles. The van der Waals surface area contributed by atoms with Crippen LogP contribution in [0.5, 0.6) is 0 Å². The number of likely N-dealkylation sites (tertiary alicyclic amines) is 1. The largest absolute Gasteiger partial charge is 0.358 e. The van der Waals surface area contributed by atoms with E-state index in [0.717, 1.165) is 0 Å². The summed E-state index contributed by atoms with van der Waals surface area (Å²) in [6, 6.07) is 4.05. The molecule has 0 bridgehead atoms. The molecule has 2 aromatic rings. The molecule has 30 heavy (non-hydrogen) atoms. The second-order valence-corrected chi connectivity index (χ2v) is 7.79. The first kappa shape index (κ1) is 19.9. The van der Waals surface area contributed by atoms with Gasteiger partial charge in [-0.3, -0.25) is 14.4 Å². The number of aryl methyl sites for hydroxylation is 1. The quantitative estimate of drug-likeness (QED) is 0.679. The fourth-order valence-corrected chi connectivity index (χ4v) is 4.13. The Morgan fingerprint density at radius 1 is 1.30 bits per heavy atom. The van der Waals surface area contributed by atoms with E-state index in [0.29, 0.717) is 58.8 Å². The van der Waals surface area contributed by atoms with E-state index >= 15 is 0 Å². The molecule has 2 aliphatic rings. The minimum Gasteiger partial charge on any atom is -0.358 e. The second kappa shape index (κ2) is 7.44. The number of carbonyl (C=O) groups is 3. The third kappa shape index (κ3) is 3.49. The minimum absolute atomic E-state index is 0.00113. The van der Waals surface area contributed by atoms with Gasteiger partial charge < -0.3 is 20.5 Å². The summed E-state index contributed by atoms with van der Waals surface area (Å²) < 4.78 is 13.7. The van der Waals surface area contributed by atoms with Crippen molar-refractivity contribution in [3.05, 3.63) is 52.1 Å². The van der Waals surface area contributed by atoms with Crippen LogP contribution in [0, 0.1) is 19.7 Å². The Morgan fingerprint density at radius 3 is 2.77 bits per heavy atom. The number of carbonyl (C=O) groups excluding carboxylic acids is 3. The SMILES string of the molecule is CC(=O)N1CC[C@H](NC(=O)c2c(C)[nH]c(C=C3C(=O)Nc4ccc(F)cc43)c2C)C1. The number of amides is 3. The summed E-state index contributed by atoms with van der Waals surface area (Å²) in [6.45, 7) is 6.26. The van der Waals surface area contributed by atoms with Crippen LogP contribution in [-0.4, -0.2) is 46.7 Å². The van der Waals surface area contributed by atoms with Gasteiger partial charge >= 0.3 is 0 Å². The number of hydrogen-bond acceptors (Lipinski definition) is 3. The fraction of sp³-hybridized carbons (Fsp3) is 0.318. The Balaban J connectivity index is 1.60. The van der Waals surface area contributed by atoms with Crippen molar-refractivity contribution in [1.29, 1.82) is 0 Å². The van der Waals surface area contributed by atoms with Crippen LogP contribution in [-0.2, 0) is 9.59 Å². The number of fused-ring (bicyclic) bond motifs is 1. The van der Waals surface area contributed by atoms with Crippen LogP contribution in [0.25, 0.3) is 11.6 Å². The lowest BCUT2D eigenvalue weighted by atomic mass is 10.0. The van der Waals surface area contributed by atoms with E-state index in [9.17, 15) is 18.8 Å². The first-order chi connectivity index (χ1) is 14.2. The van der Waals surface area contributed by atoms with E-state index in [1.54, 1.807) is 24.8 Å². The first-order valence-electron chi connectivity index (χ1n) is 9.83. The van der Waals surface area contributed by atoms with Crippen molar-refractivity contribution in [3.63, 3.8) is 0 Å². The van der Waals surface area contributed by atoms with E-state index in [1.165, 1.54) is 25.1 Å². The smallest absolute Gasteiger partial charge is 0.256 e. The normalized spacial score (nSPS) is 19.2. The van der Waals surface area contributed by atoms with Crippen molar-refractivity contribution in [2.24, 2.45) is 0 Å². The fourth-order valence-electron chi connectivity index (χ4n) is 4.13. The number of anilines is 1. The molecule has 0 saturated carbocycles. The van der Waals surface area contributed by atoms with Crippen molar-refractivity contribution in [2.45, 2.75) is 33.2 Å². The number of aromatic nitrogens is 1. The molecule has 1 aromatic carbocycles. The molecule has 1 saturated heterocycles. The minimum atomic E-state index is -0.424. The van der Waals surface area contributed by atoms with Crippen molar-refractivity contribution >= 4 is 35.1 Å². The van der Waals surface area contributed by atoms with Crippen molar-refractivity contribution in [3.8, 4) is 0 Å². The summed E-state index contributed by atoms with van der Waals surface area (Å²) in [6.07, 6.45) is 2.36. The Kier molecular flexibility index (Phi) is 4.93. The van der Waals surface area contributed by atoms with Crippen LogP contribution in [0.2, 0.25) is 0 Å². The summed E-state index contributed by atoms with van der Waals surface area (Å²) in [5.74, 6) is -0.958. The number of nitrogens with zero attached hydrogens (tertiary/aromatic N) is 1. The standard InChI is InChI=1S/C22H23FN4O3/c1-11-19(9-17-16-8-14(23)4-5-18(16)26-21(17)29)24-12(2)20(11)22(30)25-15-6-7-27(10-15)13(3)28/h4-5,8-9,15,24H,6-7,10H2,1-3H3,(H,25,30)(H,26,29)/t15-/m0/s1. The molecule has 3 heterocycles. The van der Waals surface area contributed by atoms with E-state index < -0.39 is 5.82 Å². The highest BCUT2D eigenvalue weighted by Crippen LogP contribution is 2.34. The number of nitrogens with one attached hydrogen (secondary N) is 3. The maximum absolute atomic E-state index is 13.7. The molecule has 3 N–H and O–H groups in total. The van der Waals surface area contributed by atoms with Gasteiger partial charge in [-0.05, 0) is 50.1 Å². The van der Waals surface area contributed by atoms with E-state index in [4.69, 9.17) is 0 Å². The molecule has 1 atom stereocenters. The summed E-state index contributed by atoms with van der Waals surface area (Å²) in [5.41, 5.74) is 3.91. The highest BCUT2D eigenvalue weighted by molar-refractivity contribution is 6.34. The number of rotatable bonds is 3. The van der Waals surface area contributed by atoms with Crippen LogP contribution in [0.3, 0.4) is 0 Å². The van der Waals surface area contributed by atoms with Gasteiger partial charge in [0.2, 0.25) is 5.91 Å². The monoisotopic (exact) mass is 410 g/mol. The summed E-state index contributed by atoms with van der Waals surface area (Å²) >= 11 is 0. The van der Waals surface area contributed by atoms with E-state index in [2.05, 4.69) is 15.6 Å². The number of H-pyrrole nitrogens is 1. The highest BCUT2D eigenvalue weighted by atomic mass is 19.1. The highest BCUT2D eigenvalue weighted by Gasteiger charge is 2.28. The van der Waals surface area contributed by atoms with Crippen LogP contribution in [0.4, 0.5) is 10.1 Å². The van der Waals surface area contributed by atoms with Crippen molar-refractivity contribution < 1.29 is 18.8 Å². The second-order valence-electron chi connectivity index (χ2n) is 7.79.